The molecule has 1 aliphatic heterocycles. The van der Waals surface area contributed by atoms with Crippen molar-refractivity contribution in [1.82, 2.24) is 15.2 Å². The third-order valence-electron chi connectivity index (χ3n) is 4.69. The minimum Gasteiger partial charge on any atom is -0.497 e. The van der Waals surface area contributed by atoms with Crippen LogP contribution in [0.15, 0.2) is 12.1 Å². The molecule has 21 heavy (non-hydrogen) atoms. The van der Waals surface area contributed by atoms with Crippen LogP contribution in [-0.2, 0) is 6.54 Å². The fourth-order valence-corrected chi connectivity index (χ4v) is 2.84. The number of aryl methyl sites for hydroxylation is 1. The number of hydrogen-bond donors (Lipinski definition) is 1. The van der Waals surface area contributed by atoms with Crippen molar-refractivity contribution in [2.75, 3.05) is 20.2 Å². The van der Waals surface area contributed by atoms with Gasteiger partial charge in [-0.2, -0.15) is 0 Å². The van der Waals surface area contributed by atoms with E-state index in [1.54, 1.807) is 7.11 Å². The van der Waals surface area contributed by atoms with Gasteiger partial charge in [-0.05, 0) is 34.1 Å². The van der Waals surface area contributed by atoms with E-state index >= 15 is 0 Å². The fourth-order valence-electron chi connectivity index (χ4n) is 2.84. The van der Waals surface area contributed by atoms with Gasteiger partial charge in [-0.15, -0.1) is 0 Å². The first-order valence-corrected chi connectivity index (χ1v) is 7.80. The second kappa shape index (κ2) is 5.93. The summed E-state index contributed by atoms with van der Waals surface area (Å²) in [6.45, 7) is 14.1. The molecule has 4 nitrogen and oxygen atoms in total. The highest BCUT2D eigenvalue weighted by molar-refractivity contribution is 5.26. The SMILES string of the molecule is CCC1(C)CN(Cc2cc(OC)cc(C)n2)C(C)(C)CN1. The predicted molar refractivity (Wildman–Crippen MR) is 86.7 cm³/mol. The minimum atomic E-state index is 0.132. The van der Waals surface area contributed by atoms with Crippen molar-refractivity contribution in [1.29, 1.82) is 0 Å². The fraction of sp³-hybridized carbons (Fsp3) is 0.706. The molecule has 0 aromatic carbocycles. The minimum absolute atomic E-state index is 0.132. The Bertz CT molecular complexity index is 501. The number of methoxy groups -OCH3 is 1. The summed E-state index contributed by atoms with van der Waals surface area (Å²) >= 11 is 0. The molecular formula is C17H29N3O. The average Bonchev–Trinajstić information content (AvgIpc) is 2.43. The summed E-state index contributed by atoms with van der Waals surface area (Å²) in [5, 5.41) is 3.70. The van der Waals surface area contributed by atoms with Crippen molar-refractivity contribution < 1.29 is 4.74 Å². The first-order chi connectivity index (χ1) is 9.78. The van der Waals surface area contributed by atoms with Gasteiger partial charge in [0.1, 0.15) is 5.75 Å². The lowest BCUT2D eigenvalue weighted by Crippen LogP contribution is -2.66. The molecule has 2 rings (SSSR count). The summed E-state index contributed by atoms with van der Waals surface area (Å²) in [6.07, 6.45) is 1.13. The average molecular weight is 291 g/mol. The van der Waals surface area contributed by atoms with Crippen LogP contribution in [0.3, 0.4) is 0 Å². The van der Waals surface area contributed by atoms with Crippen molar-refractivity contribution >= 4 is 0 Å². The van der Waals surface area contributed by atoms with Gasteiger partial charge in [0.15, 0.2) is 0 Å². The number of aromatic nitrogens is 1. The Labute approximate surface area is 128 Å². The maximum absolute atomic E-state index is 5.37. The quantitative estimate of drug-likeness (QED) is 0.925. The zero-order valence-electron chi connectivity index (χ0n) is 14.3. The third kappa shape index (κ3) is 3.74. The maximum atomic E-state index is 5.37. The standard InChI is InChI=1S/C17H29N3O/c1-7-17(5)12-20(16(3,4)11-18-17)10-14-9-15(21-6)8-13(2)19-14/h8-9,18H,7,10-12H2,1-6H3. The molecule has 0 bridgehead atoms. The van der Waals surface area contributed by atoms with Gasteiger partial charge < -0.3 is 10.1 Å². The second-order valence-electron chi connectivity index (χ2n) is 7.08. The highest BCUT2D eigenvalue weighted by atomic mass is 16.5. The molecule has 1 aromatic rings. The molecule has 4 heteroatoms. The van der Waals surface area contributed by atoms with Gasteiger partial charge in [-0.3, -0.25) is 9.88 Å². The van der Waals surface area contributed by atoms with E-state index in [9.17, 15) is 0 Å². The molecule has 0 spiro atoms. The van der Waals surface area contributed by atoms with Crippen LogP contribution in [0.5, 0.6) is 5.75 Å². The molecule has 0 saturated carbocycles. The largest absolute Gasteiger partial charge is 0.497 e. The van der Waals surface area contributed by atoms with Crippen LogP contribution in [0.2, 0.25) is 0 Å². The molecule has 1 aliphatic rings. The maximum Gasteiger partial charge on any atom is 0.122 e. The predicted octanol–water partition coefficient (Wildman–Crippen LogP) is 2.75. The Kier molecular flexibility index (Phi) is 4.59. The zero-order chi connectivity index (χ0) is 15.7. The summed E-state index contributed by atoms with van der Waals surface area (Å²) < 4.78 is 5.37. The first-order valence-electron chi connectivity index (χ1n) is 7.80. The lowest BCUT2D eigenvalue weighted by molar-refractivity contribution is 0.0236. The summed E-state index contributed by atoms with van der Waals surface area (Å²) in [4.78, 5) is 7.21. The molecule has 118 valence electrons. The molecule has 1 atom stereocenters. The van der Waals surface area contributed by atoms with Gasteiger partial charge in [0, 0.05) is 48.5 Å². The number of nitrogens with one attached hydrogen (secondary N) is 1. The molecule has 1 unspecified atom stereocenters. The van der Waals surface area contributed by atoms with Crippen LogP contribution >= 0.6 is 0 Å². The van der Waals surface area contributed by atoms with Crippen LogP contribution in [-0.4, -0.2) is 41.2 Å². The second-order valence-corrected chi connectivity index (χ2v) is 7.08. The highest BCUT2D eigenvalue weighted by Gasteiger charge is 2.39. The van der Waals surface area contributed by atoms with E-state index in [2.05, 4.69) is 49.0 Å². The summed E-state index contributed by atoms with van der Waals surface area (Å²) in [7, 11) is 1.71. The van der Waals surface area contributed by atoms with E-state index in [1.807, 2.05) is 13.0 Å². The van der Waals surface area contributed by atoms with Crippen LogP contribution < -0.4 is 10.1 Å². The van der Waals surface area contributed by atoms with Gasteiger partial charge in [0.2, 0.25) is 0 Å². The van der Waals surface area contributed by atoms with Crippen molar-refractivity contribution in [2.24, 2.45) is 0 Å². The Morgan fingerprint density at radius 1 is 1.33 bits per heavy atom. The molecular weight excluding hydrogens is 262 g/mol. The molecule has 1 saturated heterocycles. The van der Waals surface area contributed by atoms with E-state index in [0.29, 0.717) is 0 Å². The van der Waals surface area contributed by atoms with Crippen LogP contribution in [0.25, 0.3) is 0 Å². The number of nitrogens with zero attached hydrogens (tertiary/aromatic N) is 2. The molecule has 0 radical (unpaired) electrons. The number of rotatable bonds is 4. The topological polar surface area (TPSA) is 37.4 Å². The van der Waals surface area contributed by atoms with Gasteiger partial charge in [0.25, 0.3) is 0 Å². The smallest absolute Gasteiger partial charge is 0.122 e. The van der Waals surface area contributed by atoms with Crippen LogP contribution in [0.4, 0.5) is 0 Å². The summed E-state index contributed by atoms with van der Waals surface area (Å²) in [6, 6.07) is 4.02. The number of hydrogen-bond acceptors (Lipinski definition) is 4. The van der Waals surface area contributed by atoms with Gasteiger partial charge in [-0.25, -0.2) is 0 Å². The molecule has 1 fully saturated rings. The number of piperazine rings is 1. The van der Waals surface area contributed by atoms with Crippen LogP contribution in [0.1, 0.15) is 45.5 Å². The Morgan fingerprint density at radius 2 is 2.05 bits per heavy atom. The van der Waals surface area contributed by atoms with Crippen molar-refractivity contribution in [3.8, 4) is 5.75 Å². The van der Waals surface area contributed by atoms with Crippen molar-refractivity contribution in [2.45, 2.75) is 58.7 Å². The molecule has 0 amide bonds. The first kappa shape index (κ1) is 16.2. The lowest BCUT2D eigenvalue weighted by Gasteiger charge is -2.50. The van der Waals surface area contributed by atoms with E-state index < -0.39 is 0 Å². The zero-order valence-corrected chi connectivity index (χ0v) is 14.3. The van der Waals surface area contributed by atoms with Gasteiger partial charge in [0.05, 0.1) is 12.8 Å². The van der Waals surface area contributed by atoms with Gasteiger partial charge >= 0.3 is 0 Å². The van der Waals surface area contributed by atoms with Crippen molar-refractivity contribution in [3.63, 3.8) is 0 Å². The molecule has 1 aromatic heterocycles. The van der Waals surface area contributed by atoms with Gasteiger partial charge in [-0.1, -0.05) is 6.92 Å². The Hall–Kier alpha value is -1.13. The van der Waals surface area contributed by atoms with Crippen LogP contribution in [0, 0.1) is 6.92 Å². The number of pyridine rings is 1. The Morgan fingerprint density at radius 3 is 2.67 bits per heavy atom. The normalized spacial score (nSPS) is 25.8. The summed E-state index contributed by atoms with van der Waals surface area (Å²) in [5.74, 6) is 0.892. The van der Waals surface area contributed by atoms with E-state index in [0.717, 1.165) is 43.2 Å². The third-order valence-corrected chi connectivity index (χ3v) is 4.69. The van der Waals surface area contributed by atoms with E-state index in [4.69, 9.17) is 4.74 Å². The highest BCUT2D eigenvalue weighted by Crippen LogP contribution is 2.27. The molecule has 1 N–H and O–H groups in total. The van der Waals surface area contributed by atoms with E-state index in [1.165, 1.54) is 0 Å². The summed E-state index contributed by atoms with van der Waals surface area (Å²) in [5.41, 5.74) is 2.41. The van der Waals surface area contributed by atoms with E-state index in [-0.39, 0.29) is 11.1 Å². The van der Waals surface area contributed by atoms with Crippen molar-refractivity contribution in [3.05, 3.63) is 23.5 Å². The molecule has 0 aliphatic carbocycles. The number of ether oxygens (including phenoxy) is 1. The monoisotopic (exact) mass is 291 g/mol. The lowest BCUT2D eigenvalue weighted by atomic mass is 9.88. The Balaban J connectivity index is 2.21. The molecule has 2 heterocycles.